The lowest BCUT2D eigenvalue weighted by Gasteiger charge is -2.27. The minimum atomic E-state index is -0.748. The zero-order chi connectivity index (χ0) is 18.4. The first kappa shape index (κ1) is 18.6. The van der Waals surface area contributed by atoms with Crippen LogP contribution >= 0.6 is 0 Å². The Morgan fingerprint density at radius 1 is 1.00 bits per heavy atom. The molecule has 0 aromatic heterocycles. The molecule has 2 aromatic rings. The van der Waals surface area contributed by atoms with Crippen molar-refractivity contribution in [1.82, 2.24) is 0 Å². The summed E-state index contributed by atoms with van der Waals surface area (Å²) in [7, 11) is 4.73. The molecule has 25 heavy (non-hydrogen) atoms. The van der Waals surface area contributed by atoms with Gasteiger partial charge in [0.25, 0.3) is 0 Å². The van der Waals surface area contributed by atoms with E-state index in [1.807, 2.05) is 49.4 Å². The molecule has 134 valence electrons. The number of rotatable bonds is 8. The molecule has 2 rings (SSSR count). The molecular formula is C20H25NO4. The van der Waals surface area contributed by atoms with Crippen LogP contribution in [-0.4, -0.2) is 27.2 Å². The van der Waals surface area contributed by atoms with Crippen LogP contribution in [0.15, 0.2) is 42.5 Å². The summed E-state index contributed by atoms with van der Waals surface area (Å²) in [6.07, 6.45) is 1.22. The standard InChI is InChI=1S/C20H25NO4/c1-20(19(21)22,15-8-6-5-7-9-15)11-10-14-12-16(23-2)18(25-4)17(13-14)24-3/h5-9,12-13H,10-11H2,1-4H3,(H2,21,22). The molecule has 0 aliphatic heterocycles. The van der Waals surface area contributed by atoms with Crippen molar-refractivity contribution in [2.75, 3.05) is 21.3 Å². The fourth-order valence-corrected chi connectivity index (χ4v) is 2.89. The van der Waals surface area contributed by atoms with Crippen molar-refractivity contribution in [2.45, 2.75) is 25.2 Å². The first-order valence-electron chi connectivity index (χ1n) is 8.10. The van der Waals surface area contributed by atoms with Crippen molar-refractivity contribution in [1.29, 1.82) is 0 Å². The van der Waals surface area contributed by atoms with E-state index in [1.165, 1.54) is 0 Å². The number of ether oxygens (including phenoxy) is 3. The van der Waals surface area contributed by atoms with Crippen LogP contribution in [-0.2, 0) is 16.6 Å². The van der Waals surface area contributed by atoms with Gasteiger partial charge in [-0.3, -0.25) is 4.79 Å². The molecule has 5 heteroatoms. The second-order valence-corrected chi connectivity index (χ2v) is 6.10. The van der Waals surface area contributed by atoms with E-state index in [9.17, 15) is 4.79 Å². The summed E-state index contributed by atoms with van der Waals surface area (Å²) < 4.78 is 16.1. The average molecular weight is 343 g/mol. The highest BCUT2D eigenvalue weighted by atomic mass is 16.5. The number of nitrogens with two attached hydrogens (primary N) is 1. The quantitative estimate of drug-likeness (QED) is 0.799. The van der Waals surface area contributed by atoms with Crippen molar-refractivity contribution in [3.8, 4) is 17.2 Å². The van der Waals surface area contributed by atoms with E-state index < -0.39 is 5.41 Å². The maximum atomic E-state index is 12.1. The molecule has 0 heterocycles. The summed E-state index contributed by atoms with van der Waals surface area (Å²) in [6, 6.07) is 13.4. The molecule has 0 aliphatic carbocycles. The molecule has 0 aliphatic rings. The van der Waals surface area contributed by atoms with Gasteiger partial charge >= 0.3 is 0 Å². The highest BCUT2D eigenvalue weighted by Gasteiger charge is 2.32. The van der Waals surface area contributed by atoms with Crippen LogP contribution in [0, 0.1) is 0 Å². The third kappa shape index (κ3) is 3.87. The summed E-state index contributed by atoms with van der Waals surface area (Å²) in [6.45, 7) is 1.88. The lowest BCUT2D eigenvalue weighted by atomic mass is 9.77. The van der Waals surface area contributed by atoms with Gasteiger partial charge in [0, 0.05) is 0 Å². The smallest absolute Gasteiger partial charge is 0.227 e. The Morgan fingerprint density at radius 3 is 2.00 bits per heavy atom. The van der Waals surface area contributed by atoms with Crippen molar-refractivity contribution in [3.63, 3.8) is 0 Å². The van der Waals surface area contributed by atoms with E-state index in [0.29, 0.717) is 30.1 Å². The Kier molecular flexibility index (Phi) is 5.91. The monoisotopic (exact) mass is 343 g/mol. The van der Waals surface area contributed by atoms with Crippen LogP contribution < -0.4 is 19.9 Å². The number of carbonyl (C=O) groups excluding carboxylic acids is 1. The average Bonchev–Trinajstić information content (AvgIpc) is 2.65. The molecule has 2 aromatic carbocycles. The fourth-order valence-electron chi connectivity index (χ4n) is 2.89. The number of hydrogen-bond acceptors (Lipinski definition) is 4. The summed E-state index contributed by atoms with van der Waals surface area (Å²) in [5, 5.41) is 0. The maximum Gasteiger partial charge on any atom is 0.227 e. The molecule has 0 fully saturated rings. The van der Waals surface area contributed by atoms with Crippen LogP contribution in [0.4, 0.5) is 0 Å². The van der Waals surface area contributed by atoms with Crippen molar-refractivity contribution >= 4 is 5.91 Å². The third-order valence-corrected chi connectivity index (χ3v) is 4.59. The predicted octanol–water partition coefficient (Wildman–Crippen LogP) is 3.09. The van der Waals surface area contributed by atoms with Gasteiger partial charge in [-0.05, 0) is 43.0 Å². The molecule has 1 amide bonds. The fraction of sp³-hybridized carbons (Fsp3) is 0.350. The Balaban J connectivity index is 2.31. The number of benzene rings is 2. The molecule has 5 nitrogen and oxygen atoms in total. The van der Waals surface area contributed by atoms with E-state index in [4.69, 9.17) is 19.9 Å². The van der Waals surface area contributed by atoms with Gasteiger partial charge in [-0.15, -0.1) is 0 Å². The van der Waals surface area contributed by atoms with E-state index in [2.05, 4.69) is 0 Å². The second-order valence-electron chi connectivity index (χ2n) is 6.10. The molecular weight excluding hydrogens is 318 g/mol. The molecule has 0 saturated carbocycles. The molecule has 1 unspecified atom stereocenters. The number of methoxy groups -OCH3 is 3. The van der Waals surface area contributed by atoms with Gasteiger partial charge in [-0.25, -0.2) is 0 Å². The molecule has 0 bridgehead atoms. The number of amides is 1. The highest BCUT2D eigenvalue weighted by Crippen LogP contribution is 2.39. The number of carbonyl (C=O) groups is 1. The van der Waals surface area contributed by atoms with Gasteiger partial charge < -0.3 is 19.9 Å². The highest BCUT2D eigenvalue weighted by molar-refractivity contribution is 5.86. The topological polar surface area (TPSA) is 70.8 Å². The lowest BCUT2D eigenvalue weighted by Crippen LogP contribution is -2.38. The van der Waals surface area contributed by atoms with Gasteiger partial charge in [-0.1, -0.05) is 30.3 Å². The predicted molar refractivity (Wildman–Crippen MR) is 97.4 cm³/mol. The maximum absolute atomic E-state index is 12.1. The summed E-state index contributed by atoms with van der Waals surface area (Å²) in [5.74, 6) is 1.40. The summed E-state index contributed by atoms with van der Waals surface area (Å²) in [5.41, 5.74) is 6.86. The van der Waals surface area contributed by atoms with Gasteiger partial charge in [-0.2, -0.15) is 0 Å². The molecule has 1 atom stereocenters. The third-order valence-electron chi connectivity index (χ3n) is 4.59. The molecule has 2 N–H and O–H groups in total. The second kappa shape index (κ2) is 7.92. The zero-order valence-corrected chi connectivity index (χ0v) is 15.2. The van der Waals surface area contributed by atoms with Gasteiger partial charge in [0.15, 0.2) is 11.5 Å². The first-order chi connectivity index (χ1) is 12.0. The zero-order valence-electron chi connectivity index (χ0n) is 15.2. The van der Waals surface area contributed by atoms with Crippen LogP contribution in [0.5, 0.6) is 17.2 Å². The van der Waals surface area contributed by atoms with E-state index >= 15 is 0 Å². The van der Waals surface area contributed by atoms with Gasteiger partial charge in [0.2, 0.25) is 11.7 Å². The first-order valence-corrected chi connectivity index (χ1v) is 8.10. The van der Waals surface area contributed by atoms with Crippen molar-refractivity contribution in [2.24, 2.45) is 5.73 Å². The Bertz CT molecular complexity index is 705. The molecule has 0 spiro atoms. The van der Waals surface area contributed by atoms with E-state index in [1.54, 1.807) is 21.3 Å². The van der Waals surface area contributed by atoms with Crippen LogP contribution in [0.2, 0.25) is 0 Å². The van der Waals surface area contributed by atoms with Crippen LogP contribution in [0.25, 0.3) is 0 Å². The number of primary amides is 1. The molecule has 0 saturated heterocycles. The minimum absolute atomic E-state index is 0.342. The Labute approximate surface area is 148 Å². The summed E-state index contributed by atoms with van der Waals surface area (Å²) >= 11 is 0. The van der Waals surface area contributed by atoms with Gasteiger partial charge in [0.1, 0.15) is 0 Å². The van der Waals surface area contributed by atoms with Crippen molar-refractivity contribution in [3.05, 3.63) is 53.6 Å². The molecule has 0 radical (unpaired) electrons. The Morgan fingerprint density at radius 2 is 1.56 bits per heavy atom. The van der Waals surface area contributed by atoms with Crippen molar-refractivity contribution < 1.29 is 19.0 Å². The van der Waals surface area contributed by atoms with Gasteiger partial charge in [0.05, 0.1) is 26.7 Å². The van der Waals surface area contributed by atoms with E-state index in [0.717, 1.165) is 11.1 Å². The number of hydrogen-bond donors (Lipinski definition) is 1. The Hall–Kier alpha value is -2.69. The summed E-state index contributed by atoms with van der Waals surface area (Å²) in [4.78, 5) is 12.1. The SMILES string of the molecule is COc1cc(CCC(C)(C(N)=O)c2ccccc2)cc(OC)c1OC. The normalized spacial score (nSPS) is 13.0. The van der Waals surface area contributed by atoms with Crippen LogP contribution in [0.3, 0.4) is 0 Å². The minimum Gasteiger partial charge on any atom is -0.493 e. The van der Waals surface area contributed by atoms with Crippen LogP contribution in [0.1, 0.15) is 24.5 Å². The lowest BCUT2D eigenvalue weighted by molar-refractivity contribution is -0.123. The largest absolute Gasteiger partial charge is 0.493 e. The van der Waals surface area contributed by atoms with E-state index in [-0.39, 0.29) is 5.91 Å². The number of aryl methyl sites for hydroxylation is 1.